The Bertz CT molecular complexity index is 1220. The molecular weight excluding hydrogens is 499 g/mol. The first kappa shape index (κ1) is 26.6. The first-order chi connectivity index (χ1) is 17.7. The molecule has 2 atom stereocenters. The summed E-state index contributed by atoms with van der Waals surface area (Å²) in [6.07, 6.45) is 0. The number of carbonyl (C=O) groups is 3. The maximum absolute atomic E-state index is 14.0. The molecule has 2 aromatic carbocycles. The normalized spacial score (nSPS) is 20.6. The largest absolute Gasteiger partial charge is 0.463 e. The predicted molar refractivity (Wildman–Crippen MR) is 137 cm³/mol. The molecule has 1 N–H and O–H groups in total. The first-order valence-corrected chi connectivity index (χ1v) is 12.6. The van der Waals surface area contributed by atoms with Crippen molar-refractivity contribution in [1.29, 1.82) is 0 Å². The van der Waals surface area contributed by atoms with E-state index in [-0.39, 0.29) is 30.7 Å². The second-order valence-electron chi connectivity index (χ2n) is 9.17. The van der Waals surface area contributed by atoms with Crippen molar-refractivity contribution in [3.05, 3.63) is 81.8 Å². The fourth-order valence-corrected chi connectivity index (χ4v) is 4.91. The Hall–Kier alpha value is -3.43. The van der Waals surface area contributed by atoms with Gasteiger partial charge in [-0.3, -0.25) is 14.6 Å². The van der Waals surface area contributed by atoms with E-state index in [0.29, 0.717) is 41.5 Å². The molecule has 196 valence electrons. The summed E-state index contributed by atoms with van der Waals surface area (Å²) in [5.41, 5.74) is 1.77. The van der Waals surface area contributed by atoms with Crippen LogP contribution in [0.1, 0.15) is 35.8 Å². The van der Waals surface area contributed by atoms with Crippen molar-refractivity contribution in [2.45, 2.75) is 25.9 Å². The van der Waals surface area contributed by atoms with Crippen LogP contribution in [0.4, 0.5) is 9.18 Å². The van der Waals surface area contributed by atoms with Crippen molar-refractivity contribution in [2.75, 3.05) is 39.8 Å². The number of esters is 1. The number of likely N-dealkylation sites (N-methyl/N-ethyl adjacent to an activating group) is 1. The number of ether oxygens (including phenoxy) is 1. The van der Waals surface area contributed by atoms with Gasteiger partial charge in [-0.1, -0.05) is 23.7 Å². The fraction of sp³-hybridized carbons (Fsp3) is 0.370. The average Bonchev–Trinajstić information content (AvgIpc) is 2.87. The van der Waals surface area contributed by atoms with E-state index in [1.807, 2.05) is 11.8 Å². The zero-order chi connectivity index (χ0) is 26.7. The fourth-order valence-electron chi connectivity index (χ4n) is 4.78. The quantitative estimate of drug-likeness (QED) is 0.576. The Balaban J connectivity index is 1.59. The minimum atomic E-state index is -0.848. The minimum Gasteiger partial charge on any atom is -0.463 e. The Morgan fingerprint density at radius 3 is 2.54 bits per heavy atom. The van der Waals surface area contributed by atoms with Crippen LogP contribution in [0.3, 0.4) is 0 Å². The molecular formula is C27H30ClFN4O4. The third-order valence-corrected chi connectivity index (χ3v) is 6.94. The molecule has 0 spiro atoms. The number of hydrogen-bond donors (Lipinski definition) is 1. The van der Waals surface area contributed by atoms with Crippen LogP contribution in [0.5, 0.6) is 0 Å². The summed E-state index contributed by atoms with van der Waals surface area (Å²) in [5, 5.41) is 3.37. The molecule has 2 aromatic rings. The number of carbonyl (C=O) groups excluding carboxylic acids is 3. The number of amides is 3. The van der Waals surface area contributed by atoms with Crippen LogP contribution < -0.4 is 5.32 Å². The van der Waals surface area contributed by atoms with Crippen LogP contribution in [0.15, 0.2) is 59.8 Å². The zero-order valence-electron chi connectivity index (χ0n) is 21.0. The molecule has 1 fully saturated rings. The molecule has 4 rings (SSSR count). The lowest BCUT2D eigenvalue weighted by Crippen LogP contribution is -2.56. The molecule has 10 heteroatoms. The monoisotopic (exact) mass is 528 g/mol. The van der Waals surface area contributed by atoms with Gasteiger partial charge in [0.25, 0.3) is 5.91 Å². The van der Waals surface area contributed by atoms with E-state index >= 15 is 0 Å². The summed E-state index contributed by atoms with van der Waals surface area (Å²) in [5.74, 6) is -1.11. The van der Waals surface area contributed by atoms with Gasteiger partial charge >= 0.3 is 12.0 Å². The van der Waals surface area contributed by atoms with Crippen molar-refractivity contribution < 1.29 is 23.5 Å². The van der Waals surface area contributed by atoms with Gasteiger partial charge in [0.2, 0.25) is 0 Å². The number of rotatable bonds is 6. The third-order valence-electron chi connectivity index (χ3n) is 6.69. The molecule has 0 aromatic heterocycles. The lowest BCUT2D eigenvalue weighted by atomic mass is 9.94. The topological polar surface area (TPSA) is 82.2 Å². The molecule has 2 aliphatic heterocycles. The van der Waals surface area contributed by atoms with Crippen molar-refractivity contribution in [3.63, 3.8) is 0 Å². The van der Waals surface area contributed by atoms with E-state index in [1.54, 1.807) is 44.3 Å². The first-order valence-electron chi connectivity index (χ1n) is 12.2. The number of nitrogens with one attached hydrogen (secondary N) is 1. The minimum absolute atomic E-state index is 0.0735. The Morgan fingerprint density at radius 1 is 1.16 bits per heavy atom. The van der Waals surface area contributed by atoms with E-state index in [0.717, 1.165) is 0 Å². The second-order valence-corrected chi connectivity index (χ2v) is 9.60. The number of urea groups is 1. The predicted octanol–water partition coefficient (Wildman–Crippen LogP) is 3.84. The van der Waals surface area contributed by atoms with E-state index in [9.17, 15) is 18.8 Å². The summed E-state index contributed by atoms with van der Waals surface area (Å²) in [7, 11) is 1.59. The van der Waals surface area contributed by atoms with Gasteiger partial charge in [-0.05, 0) is 55.8 Å². The molecule has 2 heterocycles. The highest BCUT2D eigenvalue weighted by molar-refractivity contribution is 6.30. The van der Waals surface area contributed by atoms with E-state index in [4.69, 9.17) is 16.3 Å². The number of nitrogens with zero attached hydrogens (tertiary/aromatic N) is 3. The van der Waals surface area contributed by atoms with Crippen LogP contribution in [-0.2, 0) is 9.53 Å². The lowest BCUT2D eigenvalue weighted by Gasteiger charge is -2.42. The summed E-state index contributed by atoms with van der Waals surface area (Å²) in [4.78, 5) is 44.4. The maximum Gasteiger partial charge on any atom is 0.338 e. The molecule has 37 heavy (non-hydrogen) atoms. The SMILES string of the molecule is CCOC(=O)C1=C(CN2CCN(C(=O)c3ccc(Cl)cc3)[C@@H](C)C2)N(C)C(=O)N[C@H]1c1cccc(F)c1. The molecule has 2 aliphatic rings. The van der Waals surface area contributed by atoms with E-state index < -0.39 is 23.9 Å². The molecule has 0 bridgehead atoms. The zero-order valence-corrected chi connectivity index (χ0v) is 21.8. The van der Waals surface area contributed by atoms with Gasteiger partial charge in [0, 0.05) is 55.6 Å². The smallest absolute Gasteiger partial charge is 0.338 e. The van der Waals surface area contributed by atoms with Gasteiger partial charge in [0.05, 0.1) is 18.2 Å². The highest BCUT2D eigenvalue weighted by Gasteiger charge is 2.38. The van der Waals surface area contributed by atoms with Crippen molar-refractivity contribution in [3.8, 4) is 0 Å². The maximum atomic E-state index is 14.0. The van der Waals surface area contributed by atoms with Crippen molar-refractivity contribution >= 4 is 29.5 Å². The van der Waals surface area contributed by atoms with Gasteiger partial charge in [0.1, 0.15) is 5.82 Å². The van der Waals surface area contributed by atoms with Gasteiger partial charge in [-0.2, -0.15) is 0 Å². The van der Waals surface area contributed by atoms with Gasteiger partial charge in [0.15, 0.2) is 0 Å². The number of halogens is 2. The molecule has 0 aliphatic carbocycles. The summed E-state index contributed by atoms with van der Waals surface area (Å²) >= 11 is 5.96. The molecule has 3 amide bonds. The van der Waals surface area contributed by atoms with Crippen LogP contribution >= 0.6 is 11.6 Å². The van der Waals surface area contributed by atoms with Crippen molar-refractivity contribution in [2.24, 2.45) is 0 Å². The molecule has 1 saturated heterocycles. The standard InChI is InChI=1S/C27H30ClFN4O4/c1-4-37-26(35)23-22(31(3)27(36)30-24(23)19-6-5-7-21(29)14-19)16-32-12-13-33(17(2)15-32)25(34)18-8-10-20(28)11-9-18/h5-11,14,17,24H,4,12-13,15-16H2,1-3H3,(H,30,36)/t17-,24-/m0/s1. The third kappa shape index (κ3) is 5.78. The van der Waals surface area contributed by atoms with Gasteiger partial charge in [-0.25, -0.2) is 14.0 Å². The number of hydrogen-bond acceptors (Lipinski definition) is 5. The van der Waals surface area contributed by atoms with Gasteiger partial charge in [-0.15, -0.1) is 0 Å². The van der Waals surface area contributed by atoms with E-state index in [1.165, 1.54) is 23.1 Å². The Kier molecular flexibility index (Phi) is 8.14. The molecule has 0 saturated carbocycles. The highest BCUT2D eigenvalue weighted by atomic mass is 35.5. The van der Waals surface area contributed by atoms with Gasteiger partial charge < -0.3 is 15.0 Å². The summed E-state index contributed by atoms with van der Waals surface area (Å²) in [6, 6.07) is 11.3. The van der Waals surface area contributed by atoms with Crippen molar-refractivity contribution in [1.82, 2.24) is 20.0 Å². The lowest BCUT2D eigenvalue weighted by molar-refractivity contribution is -0.139. The summed E-state index contributed by atoms with van der Waals surface area (Å²) in [6.45, 7) is 5.69. The highest BCUT2D eigenvalue weighted by Crippen LogP contribution is 2.32. The van der Waals surface area contributed by atoms with E-state index in [2.05, 4.69) is 10.2 Å². The van der Waals surface area contributed by atoms with Crippen LogP contribution in [0, 0.1) is 5.82 Å². The number of benzene rings is 2. The second kappa shape index (κ2) is 11.3. The molecule has 0 radical (unpaired) electrons. The molecule has 8 nitrogen and oxygen atoms in total. The Labute approximate surface area is 220 Å². The van der Waals surface area contributed by atoms with Crippen LogP contribution in [-0.4, -0.2) is 78.5 Å². The number of piperazine rings is 1. The summed E-state index contributed by atoms with van der Waals surface area (Å²) < 4.78 is 19.4. The van der Waals surface area contributed by atoms with Crippen LogP contribution in [0.25, 0.3) is 0 Å². The Morgan fingerprint density at radius 2 is 1.89 bits per heavy atom. The molecule has 0 unspecified atom stereocenters. The van der Waals surface area contributed by atoms with Crippen LogP contribution in [0.2, 0.25) is 5.02 Å². The average molecular weight is 529 g/mol.